The first kappa shape index (κ1) is 12.4. The summed E-state index contributed by atoms with van der Waals surface area (Å²) >= 11 is 0. The van der Waals surface area contributed by atoms with Crippen LogP contribution in [0.1, 0.15) is 16.3 Å². The Morgan fingerprint density at radius 3 is 2.78 bits per heavy atom. The summed E-state index contributed by atoms with van der Waals surface area (Å²) in [7, 11) is 3.81. The number of anilines is 1. The zero-order valence-electron chi connectivity index (χ0n) is 10.4. The van der Waals surface area contributed by atoms with E-state index >= 15 is 0 Å². The van der Waals surface area contributed by atoms with E-state index in [1.807, 2.05) is 35.5 Å². The van der Waals surface area contributed by atoms with Crippen LogP contribution in [0.25, 0.3) is 5.52 Å². The highest BCUT2D eigenvalue weighted by molar-refractivity contribution is 5.94. The van der Waals surface area contributed by atoms with Crippen molar-refractivity contribution in [3.63, 3.8) is 0 Å². The third-order valence-corrected chi connectivity index (χ3v) is 2.74. The molecule has 3 N–H and O–H groups in total. The number of nitrogens with zero attached hydrogens (tertiary/aromatic N) is 3. The molecule has 96 valence electrons. The largest absolute Gasteiger partial charge is 0.476 e. The number of pyridine rings is 1. The number of fused-ring (bicyclic) bond motifs is 1. The van der Waals surface area contributed by atoms with Gasteiger partial charge in [-0.3, -0.25) is 4.40 Å². The van der Waals surface area contributed by atoms with Crippen LogP contribution in [0, 0.1) is 0 Å². The summed E-state index contributed by atoms with van der Waals surface area (Å²) in [6, 6.07) is 5.49. The summed E-state index contributed by atoms with van der Waals surface area (Å²) in [6.07, 6.45) is 0.541. The van der Waals surface area contributed by atoms with Gasteiger partial charge in [0.15, 0.2) is 5.69 Å². The maximum Gasteiger partial charge on any atom is 0.356 e. The van der Waals surface area contributed by atoms with Crippen molar-refractivity contribution in [2.75, 3.05) is 25.5 Å². The molecule has 0 aliphatic carbocycles. The molecule has 0 amide bonds. The summed E-state index contributed by atoms with van der Waals surface area (Å²) in [5.41, 5.74) is 6.21. The Kier molecular flexibility index (Phi) is 3.20. The summed E-state index contributed by atoms with van der Waals surface area (Å²) < 4.78 is 1.84. The van der Waals surface area contributed by atoms with Crippen molar-refractivity contribution in [3.05, 3.63) is 29.7 Å². The molecule has 0 aliphatic rings. The second kappa shape index (κ2) is 4.66. The molecule has 0 unspecified atom stereocenters. The van der Waals surface area contributed by atoms with Gasteiger partial charge in [-0.25, -0.2) is 9.78 Å². The summed E-state index contributed by atoms with van der Waals surface area (Å²) in [5.74, 6) is 0.539. The molecule has 18 heavy (non-hydrogen) atoms. The van der Waals surface area contributed by atoms with Gasteiger partial charge in [0.1, 0.15) is 11.6 Å². The Bertz CT molecular complexity index is 589. The van der Waals surface area contributed by atoms with Crippen molar-refractivity contribution in [3.8, 4) is 0 Å². The molecule has 0 aliphatic heterocycles. The lowest BCUT2D eigenvalue weighted by Crippen LogP contribution is -2.15. The zero-order chi connectivity index (χ0) is 13.3. The number of carboxylic acids is 1. The summed E-state index contributed by atoms with van der Waals surface area (Å²) in [6.45, 7) is 0.430. The highest BCUT2D eigenvalue weighted by Gasteiger charge is 2.18. The van der Waals surface area contributed by atoms with Gasteiger partial charge in [-0.15, -0.1) is 0 Å². The van der Waals surface area contributed by atoms with Crippen LogP contribution in [0.15, 0.2) is 18.2 Å². The van der Waals surface area contributed by atoms with Crippen LogP contribution in [0.4, 0.5) is 5.82 Å². The lowest BCUT2D eigenvalue weighted by atomic mass is 10.3. The molecule has 0 fully saturated rings. The van der Waals surface area contributed by atoms with E-state index in [1.54, 1.807) is 6.07 Å². The van der Waals surface area contributed by atoms with Gasteiger partial charge < -0.3 is 15.7 Å². The minimum absolute atomic E-state index is 0.0714. The van der Waals surface area contributed by atoms with Crippen molar-refractivity contribution < 1.29 is 9.90 Å². The molecular formula is C12H16N4O2. The quantitative estimate of drug-likeness (QED) is 0.827. The van der Waals surface area contributed by atoms with Crippen molar-refractivity contribution in [2.24, 2.45) is 5.73 Å². The van der Waals surface area contributed by atoms with Crippen LogP contribution >= 0.6 is 0 Å². The van der Waals surface area contributed by atoms with Gasteiger partial charge in [0.05, 0.1) is 5.52 Å². The van der Waals surface area contributed by atoms with Gasteiger partial charge in [0.2, 0.25) is 0 Å². The molecular weight excluding hydrogens is 232 g/mol. The van der Waals surface area contributed by atoms with Gasteiger partial charge >= 0.3 is 5.97 Å². The van der Waals surface area contributed by atoms with Crippen LogP contribution in [0.5, 0.6) is 0 Å². The van der Waals surface area contributed by atoms with Crippen molar-refractivity contribution in [2.45, 2.75) is 6.42 Å². The van der Waals surface area contributed by atoms with E-state index in [9.17, 15) is 9.90 Å². The van der Waals surface area contributed by atoms with Gasteiger partial charge in [0.25, 0.3) is 0 Å². The van der Waals surface area contributed by atoms with E-state index in [-0.39, 0.29) is 5.69 Å². The maximum absolute atomic E-state index is 11.2. The lowest BCUT2D eigenvalue weighted by Gasteiger charge is -2.16. The monoisotopic (exact) mass is 248 g/mol. The highest BCUT2D eigenvalue weighted by Crippen LogP contribution is 2.21. The number of rotatable bonds is 4. The Hall–Kier alpha value is -2.08. The maximum atomic E-state index is 11.2. The predicted octanol–water partition coefficient (Wildman–Crippen LogP) is 0.600. The first-order valence-corrected chi connectivity index (χ1v) is 5.67. The fourth-order valence-corrected chi connectivity index (χ4v) is 1.99. The molecule has 6 heteroatoms. The first-order valence-electron chi connectivity index (χ1n) is 5.67. The molecule has 0 bridgehead atoms. The molecule has 6 nitrogen and oxygen atoms in total. The molecule has 0 saturated heterocycles. The first-order chi connectivity index (χ1) is 8.56. The third-order valence-electron chi connectivity index (χ3n) is 2.74. The number of aromatic nitrogens is 2. The molecule has 2 heterocycles. The Morgan fingerprint density at radius 2 is 2.22 bits per heavy atom. The van der Waals surface area contributed by atoms with Gasteiger partial charge in [-0.2, -0.15) is 0 Å². The molecule has 2 aromatic heterocycles. The topological polar surface area (TPSA) is 83.9 Å². The van der Waals surface area contributed by atoms with Gasteiger partial charge in [-0.1, -0.05) is 6.07 Å². The molecule has 2 aromatic rings. The minimum Gasteiger partial charge on any atom is -0.476 e. The van der Waals surface area contributed by atoms with E-state index in [0.717, 1.165) is 5.82 Å². The lowest BCUT2D eigenvalue weighted by molar-refractivity contribution is 0.0693. The number of imidazole rings is 1. The average Bonchev–Trinajstić information content (AvgIpc) is 2.69. The molecule has 2 rings (SSSR count). The van der Waals surface area contributed by atoms with Gasteiger partial charge in [0, 0.05) is 20.5 Å². The fourth-order valence-electron chi connectivity index (χ4n) is 1.99. The molecule has 0 saturated carbocycles. The standard InChI is InChI=1S/C12H16N4O2/c1-15(2)10-5-3-4-8-11(12(17)18)14-9(6-7-13)16(8)10/h3-5H,6-7,13H2,1-2H3,(H,17,18). The normalized spacial score (nSPS) is 10.8. The van der Waals surface area contributed by atoms with Crippen LogP contribution in [-0.2, 0) is 6.42 Å². The van der Waals surface area contributed by atoms with Crippen molar-refractivity contribution in [1.29, 1.82) is 0 Å². The predicted molar refractivity (Wildman–Crippen MR) is 69.2 cm³/mol. The van der Waals surface area contributed by atoms with Gasteiger partial charge in [-0.05, 0) is 18.7 Å². The number of hydrogen-bond donors (Lipinski definition) is 2. The number of hydrogen-bond acceptors (Lipinski definition) is 4. The van der Waals surface area contributed by atoms with Crippen molar-refractivity contribution >= 4 is 17.3 Å². The average molecular weight is 248 g/mol. The minimum atomic E-state index is -1.02. The van der Waals surface area contributed by atoms with Crippen LogP contribution in [-0.4, -0.2) is 41.1 Å². The van der Waals surface area contributed by atoms with E-state index < -0.39 is 5.97 Å². The zero-order valence-corrected chi connectivity index (χ0v) is 10.4. The Morgan fingerprint density at radius 1 is 1.50 bits per heavy atom. The summed E-state index contributed by atoms with van der Waals surface area (Å²) in [4.78, 5) is 17.3. The molecule has 0 spiro atoms. The second-order valence-electron chi connectivity index (χ2n) is 4.22. The summed E-state index contributed by atoms with van der Waals surface area (Å²) in [5, 5.41) is 9.17. The number of carboxylic acid groups (broad SMARTS) is 1. The highest BCUT2D eigenvalue weighted by atomic mass is 16.4. The fraction of sp³-hybridized carbons (Fsp3) is 0.333. The number of nitrogens with two attached hydrogens (primary N) is 1. The molecule has 0 radical (unpaired) electrons. The van der Waals surface area contributed by atoms with Crippen molar-refractivity contribution in [1.82, 2.24) is 9.38 Å². The SMILES string of the molecule is CN(C)c1cccc2c(C(=O)O)nc(CCN)n12. The Labute approximate surface area is 105 Å². The second-order valence-corrected chi connectivity index (χ2v) is 4.22. The van der Waals surface area contributed by atoms with E-state index in [4.69, 9.17) is 5.73 Å². The van der Waals surface area contributed by atoms with E-state index in [2.05, 4.69) is 4.98 Å². The van der Waals surface area contributed by atoms with Crippen LogP contribution in [0.2, 0.25) is 0 Å². The number of carbonyl (C=O) groups is 1. The third kappa shape index (κ3) is 1.91. The van der Waals surface area contributed by atoms with Crippen LogP contribution < -0.4 is 10.6 Å². The molecule has 0 atom stereocenters. The number of aromatic carboxylic acids is 1. The van der Waals surface area contributed by atoms with E-state index in [0.29, 0.717) is 24.3 Å². The van der Waals surface area contributed by atoms with E-state index in [1.165, 1.54) is 0 Å². The van der Waals surface area contributed by atoms with Crippen LogP contribution in [0.3, 0.4) is 0 Å². The molecule has 0 aromatic carbocycles. The Balaban J connectivity index is 2.78. The smallest absolute Gasteiger partial charge is 0.356 e.